The zero-order valence-electron chi connectivity index (χ0n) is 72.4. The molecule has 3 heteroatoms. The molecule has 3 heterocycles. The Balaban J connectivity index is 0.000000104. The van der Waals surface area contributed by atoms with Gasteiger partial charge in [0.1, 0.15) is 33.5 Å². The molecular weight excluding hydrogens is 1610 g/mol. The molecule has 25 aromatic carbocycles. The van der Waals surface area contributed by atoms with Gasteiger partial charge in [0.2, 0.25) is 0 Å². The van der Waals surface area contributed by atoms with E-state index in [1.165, 1.54) is 208 Å². The van der Waals surface area contributed by atoms with Gasteiger partial charge in [-0.15, -0.1) is 0 Å². The minimum Gasteiger partial charge on any atom is -0.455 e. The predicted octanol–water partition coefficient (Wildman–Crippen LogP) is 37.3. The number of benzene rings is 25. The van der Waals surface area contributed by atoms with Crippen molar-refractivity contribution >= 4 is 174 Å². The molecule has 0 aliphatic rings. The van der Waals surface area contributed by atoms with E-state index in [2.05, 4.69) is 485 Å². The summed E-state index contributed by atoms with van der Waals surface area (Å²) in [4.78, 5) is 0. The summed E-state index contributed by atoms with van der Waals surface area (Å²) in [5, 5.41) is 31.3. The van der Waals surface area contributed by atoms with Crippen LogP contribution >= 0.6 is 0 Å². The van der Waals surface area contributed by atoms with E-state index in [9.17, 15) is 0 Å². The molecule has 3 nitrogen and oxygen atoms in total. The van der Waals surface area contributed by atoms with Gasteiger partial charge < -0.3 is 13.3 Å². The Hall–Kier alpha value is -17.5. The maximum Gasteiger partial charge on any atom is 0.143 e. The average molecular weight is 1690 g/mol. The minimum atomic E-state index is 0.911. The summed E-state index contributed by atoms with van der Waals surface area (Å²) in [5.74, 6) is 0. The fourth-order valence-corrected chi connectivity index (χ4v) is 21.8. The number of hydrogen-bond donors (Lipinski definition) is 0. The first-order valence-electron chi connectivity index (χ1n) is 45.7. The van der Waals surface area contributed by atoms with Gasteiger partial charge in [-0.25, -0.2) is 0 Å². The summed E-state index contributed by atoms with van der Waals surface area (Å²) in [6.07, 6.45) is 0. The summed E-state index contributed by atoms with van der Waals surface area (Å²) < 4.78 is 19.8. The normalized spacial score (nSPS) is 11.8. The fraction of sp³-hybridized carbons (Fsp3) is 0. The van der Waals surface area contributed by atoms with E-state index in [0.717, 1.165) is 65.8 Å². The third kappa shape index (κ3) is 12.6. The highest BCUT2D eigenvalue weighted by atomic mass is 16.3. The number of para-hydroxylation sites is 3. The molecule has 0 unspecified atom stereocenters. The van der Waals surface area contributed by atoms with Crippen LogP contribution in [-0.4, -0.2) is 0 Å². The van der Waals surface area contributed by atoms with Gasteiger partial charge in [-0.05, 0) is 234 Å². The minimum absolute atomic E-state index is 0.911. The van der Waals surface area contributed by atoms with Gasteiger partial charge in [0.15, 0.2) is 0 Å². The second-order valence-electron chi connectivity index (χ2n) is 34.8. The number of fused-ring (bicyclic) bond motifs is 22. The first-order chi connectivity index (χ1) is 66.0. The first-order valence-corrected chi connectivity index (χ1v) is 45.7. The Morgan fingerprint density at radius 1 is 0.113 bits per heavy atom. The second-order valence-corrected chi connectivity index (χ2v) is 34.8. The van der Waals surface area contributed by atoms with Crippen LogP contribution in [0.25, 0.3) is 274 Å². The van der Waals surface area contributed by atoms with Crippen LogP contribution in [0.2, 0.25) is 0 Å². The topological polar surface area (TPSA) is 39.4 Å². The highest BCUT2D eigenvalue weighted by Crippen LogP contribution is 2.55. The monoisotopic (exact) mass is 1690 g/mol. The highest BCUT2D eigenvalue weighted by Gasteiger charge is 2.28. The summed E-state index contributed by atoms with van der Waals surface area (Å²) in [6, 6.07) is 175. The molecule has 0 amide bonds. The van der Waals surface area contributed by atoms with Crippen molar-refractivity contribution in [1.29, 1.82) is 0 Å². The van der Waals surface area contributed by atoms with Crippen LogP contribution in [0.4, 0.5) is 0 Å². The van der Waals surface area contributed by atoms with Gasteiger partial charge in [0.05, 0.1) is 0 Å². The molecule has 133 heavy (non-hydrogen) atoms. The van der Waals surface area contributed by atoms with Crippen molar-refractivity contribution in [2.45, 2.75) is 0 Å². The van der Waals surface area contributed by atoms with E-state index in [-0.39, 0.29) is 0 Å². The Labute approximate surface area is 766 Å². The van der Waals surface area contributed by atoms with Gasteiger partial charge in [-0.3, -0.25) is 0 Å². The lowest BCUT2D eigenvalue weighted by Gasteiger charge is -2.20. The van der Waals surface area contributed by atoms with Gasteiger partial charge in [0, 0.05) is 48.5 Å². The SMILES string of the molecule is c1ccc(-c2c3ccccc3c(-c3cc4ccccc4c4oc5ccccc5c34)c3ccccc23)c(-c2cccc3ccccc23)c1.c1ccc(-c2ccc(-c3c4ccccc4c(-c4cc5ccccc5c5oc6ccccc6c45)c4ccccc34)cc2)cc1.c1ccc(-c2cccc(-c3c4ccccc4c(-c4cc5ccccc5c5oc6ccccc6c45)c4ccccc34)c2)cc1. The summed E-state index contributed by atoms with van der Waals surface area (Å²) in [5.41, 5.74) is 27.8. The van der Waals surface area contributed by atoms with Gasteiger partial charge in [-0.2, -0.15) is 0 Å². The van der Waals surface area contributed by atoms with Crippen molar-refractivity contribution in [3.05, 3.63) is 485 Å². The molecule has 28 aromatic rings. The predicted molar refractivity (Wildman–Crippen MR) is 565 cm³/mol. The van der Waals surface area contributed by atoms with Crippen LogP contribution in [0.3, 0.4) is 0 Å². The van der Waals surface area contributed by atoms with E-state index in [1.54, 1.807) is 0 Å². The van der Waals surface area contributed by atoms with Crippen LogP contribution in [0.15, 0.2) is 499 Å². The lowest BCUT2D eigenvalue weighted by molar-refractivity contribution is 0.672. The van der Waals surface area contributed by atoms with Crippen LogP contribution in [0.1, 0.15) is 0 Å². The standard InChI is InChI=1S/C46H28O.2C42H26O/c1-3-17-31-29(14-1)16-13-26-33(31)34-19-5-6-20-35(34)43-36-21-7-9-23-38(36)44(39-24-10-8-22-37(39)43)41-28-30-15-2-4-18-32(30)46-45(41)40-25-11-12-27-42(40)47-46;1-2-13-27(14-3-1)28-16-12-17-30(25-28)39-32-19-6-8-21-34(32)40(35-22-9-7-20-33(35)39)37-26-29-15-4-5-18-31(29)42-41(37)36-23-10-11-24-38(36)43-42;1-2-12-27(13-3-1)28-22-24-29(25-23-28)39-32-16-6-8-18-34(32)40(35-19-9-7-17-33(35)39)37-26-30-14-4-5-15-31(30)42-41(37)36-20-10-11-21-38(36)43-42/h1-28H;2*1-26H. The van der Waals surface area contributed by atoms with Crippen molar-refractivity contribution in [3.63, 3.8) is 0 Å². The number of furan rings is 3. The third-order valence-electron chi connectivity index (χ3n) is 27.5. The molecule has 618 valence electrons. The first kappa shape index (κ1) is 76.7. The molecule has 0 aliphatic heterocycles. The molecule has 0 atom stereocenters. The van der Waals surface area contributed by atoms with Crippen LogP contribution in [-0.2, 0) is 0 Å². The van der Waals surface area contributed by atoms with Crippen LogP contribution in [0, 0.1) is 0 Å². The summed E-state index contributed by atoms with van der Waals surface area (Å²) in [6.45, 7) is 0. The maximum atomic E-state index is 6.64. The fourth-order valence-electron chi connectivity index (χ4n) is 21.8. The average Bonchev–Trinajstić information content (AvgIpc) is 1.70. The Morgan fingerprint density at radius 3 is 0.729 bits per heavy atom. The quantitative estimate of drug-likeness (QED) is 0.135. The van der Waals surface area contributed by atoms with E-state index < -0.39 is 0 Å². The molecule has 0 aliphatic carbocycles. The Kier molecular flexibility index (Phi) is 18.3. The van der Waals surface area contributed by atoms with Crippen molar-refractivity contribution < 1.29 is 13.3 Å². The maximum absolute atomic E-state index is 6.64. The largest absolute Gasteiger partial charge is 0.455 e. The van der Waals surface area contributed by atoms with Crippen LogP contribution in [0.5, 0.6) is 0 Å². The van der Waals surface area contributed by atoms with Gasteiger partial charge >= 0.3 is 0 Å². The molecule has 0 saturated carbocycles. The molecule has 0 fully saturated rings. The van der Waals surface area contributed by atoms with Crippen molar-refractivity contribution in [2.24, 2.45) is 0 Å². The number of hydrogen-bond acceptors (Lipinski definition) is 3. The third-order valence-corrected chi connectivity index (χ3v) is 27.5. The molecule has 0 spiro atoms. The van der Waals surface area contributed by atoms with E-state index in [4.69, 9.17) is 13.3 Å². The second kappa shape index (κ2) is 31.8. The lowest BCUT2D eigenvalue weighted by Crippen LogP contribution is -1.93. The zero-order valence-corrected chi connectivity index (χ0v) is 72.4. The molecule has 0 bridgehead atoms. The molecule has 28 rings (SSSR count). The van der Waals surface area contributed by atoms with E-state index >= 15 is 0 Å². The molecule has 0 N–H and O–H groups in total. The van der Waals surface area contributed by atoms with Crippen LogP contribution < -0.4 is 0 Å². The molecule has 0 radical (unpaired) electrons. The Morgan fingerprint density at radius 2 is 0.346 bits per heavy atom. The van der Waals surface area contributed by atoms with Crippen molar-refractivity contribution in [3.8, 4) is 100 Å². The van der Waals surface area contributed by atoms with E-state index in [0.29, 0.717) is 0 Å². The van der Waals surface area contributed by atoms with Gasteiger partial charge in [-0.1, -0.05) is 443 Å². The molecule has 3 aromatic heterocycles. The number of rotatable bonds is 9. The van der Waals surface area contributed by atoms with E-state index in [1.807, 2.05) is 0 Å². The zero-order chi connectivity index (χ0) is 87.6. The van der Waals surface area contributed by atoms with Gasteiger partial charge in [0.25, 0.3) is 0 Å². The Bertz CT molecular complexity index is 9410. The molecular formula is C130H80O3. The van der Waals surface area contributed by atoms with Crippen molar-refractivity contribution in [1.82, 2.24) is 0 Å². The van der Waals surface area contributed by atoms with Crippen molar-refractivity contribution in [2.75, 3.05) is 0 Å². The highest BCUT2D eigenvalue weighted by molar-refractivity contribution is 6.33. The molecule has 0 saturated heterocycles. The smallest absolute Gasteiger partial charge is 0.143 e. The summed E-state index contributed by atoms with van der Waals surface area (Å²) >= 11 is 0. The lowest BCUT2D eigenvalue weighted by atomic mass is 9.82. The summed E-state index contributed by atoms with van der Waals surface area (Å²) in [7, 11) is 0.